The minimum Gasteiger partial charge on any atom is -0.309 e. The molecule has 1 aromatic carbocycles. The van der Waals surface area contributed by atoms with E-state index < -0.39 is 0 Å². The minimum atomic E-state index is -0.180. The molecule has 24 heavy (non-hydrogen) atoms. The molecule has 1 fully saturated rings. The van der Waals surface area contributed by atoms with E-state index in [9.17, 15) is 4.79 Å². The molecule has 2 heterocycles. The van der Waals surface area contributed by atoms with Crippen LogP contribution in [0.3, 0.4) is 0 Å². The summed E-state index contributed by atoms with van der Waals surface area (Å²) in [4.78, 5) is 24.5. The summed E-state index contributed by atoms with van der Waals surface area (Å²) in [5, 5.41) is 1.35. The molecule has 0 atom stereocenters. The first-order valence-electron chi connectivity index (χ1n) is 8.05. The predicted molar refractivity (Wildman–Crippen MR) is 97.7 cm³/mol. The van der Waals surface area contributed by atoms with Gasteiger partial charge in [0.05, 0.1) is 0 Å². The maximum Gasteiger partial charge on any atom is 0.279 e. The molecule has 2 aromatic heterocycles. The Morgan fingerprint density at radius 1 is 1.29 bits per heavy atom. The van der Waals surface area contributed by atoms with Gasteiger partial charge in [0.1, 0.15) is 5.82 Å². The zero-order valence-corrected chi connectivity index (χ0v) is 14.8. The van der Waals surface area contributed by atoms with E-state index in [1.54, 1.807) is 11.8 Å². The molecule has 5 nitrogen and oxygen atoms in total. The van der Waals surface area contributed by atoms with Gasteiger partial charge in [0.2, 0.25) is 0 Å². The smallest absolute Gasteiger partial charge is 0.279 e. The quantitative estimate of drug-likeness (QED) is 0.552. The van der Waals surface area contributed by atoms with E-state index >= 15 is 0 Å². The second-order valence-electron chi connectivity index (χ2n) is 5.98. The lowest BCUT2D eigenvalue weighted by Crippen LogP contribution is -2.10. The van der Waals surface area contributed by atoms with E-state index in [1.165, 1.54) is 12.8 Å². The fourth-order valence-corrected chi connectivity index (χ4v) is 3.83. The van der Waals surface area contributed by atoms with Crippen molar-refractivity contribution in [1.82, 2.24) is 19.5 Å². The summed E-state index contributed by atoms with van der Waals surface area (Å²) >= 11 is 7.59. The molecule has 1 aliphatic rings. The molecule has 0 radical (unpaired) electrons. The summed E-state index contributed by atoms with van der Waals surface area (Å²) in [5.74, 6) is 2.53. The first kappa shape index (κ1) is 15.7. The molecule has 7 heteroatoms. The molecule has 1 saturated carbocycles. The van der Waals surface area contributed by atoms with Gasteiger partial charge in [-0.15, -0.1) is 0 Å². The van der Waals surface area contributed by atoms with Crippen molar-refractivity contribution in [2.45, 2.75) is 31.5 Å². The van der Waals surface area contributed by atoms with Gasteiger partial charge in [0.25, 0.3) is 5.56 Å². The molecular formula is C17H17ClN4OS. The van der Waals surface area contributed by atoms with Gasteiger partial charge < -0.3 is 4.57 Å². The molecule has 4 rings (SSSR count). The van der Waals surface area contributed by atoms with Crippen LogP contribution in [0.2, 0.25) is 5.02 Å². The first-order valence-corrected chi connectivity index (χ1v) is 9.41. The van der Waals surface area contributed by atoms with Crippen LogP contribution in [0.5, 0.6) is 0 Å². The summed E-state index contributed by atoms with van der Waals surface area (Å²) in [6.45, 7) is 2.72. The Bertz CT molecular complexity index is 944. The Morgan fingerprint density at radius 3 is 2.71 bits per heavy atom. The highest BCUT2D eigenvalue weighted by atomic mass is 35.5. The topological polar surface area (TPSA) is 63.6 Å². The third kappa shape index (κ3) is 2.96. The Hall–Kier alpha value is -1.79. The molecule has 124 valence electrons. The summed E-state index contributed by atoms with van der Waals surface area (Å²) in [6.07, 6.45) is 2.57. The molecular weight excluding hydrogens is 344 g/mol. The number of fused-ring (bicyclic) bond motifs is 1. The summed E-state index contributed by atoms with van der Waals surface area (Å²) in [7, 11) is 0. The number of benzene rings is 1. The zero-order chi connectivity index (χ0) is 16.7. The fourth-order valence-electron chi connectivity index (χ4n) is 2.66. The van der Waals surface area contributed by atoms with Crippen LogP contribution >= 0.6 is 23.4 Å². The second-order valence-corrected chi connectivity index (χ2v) is 7.43. The van der Waals surface area contributed by atoms with Crippen molar-refractivity contribution in [2.75, 3.05) is 5.75 Å². The number of imidazole rings is 1. The molecule has 0 spiro atoms. The Morgan fingerprint density at radius 2 is 2.04 bits per heavy atom. The maximum atomic E-state index is 12.4. The number of hydrogen-bond acceptors (Lipinski definition) is 4. The van der Waals surface area contributed by atoms with Crippen molar-refractivity contribution in [3.63, 3.8) is 0 Å². The van der Waals surface area contributed by atoms with Gasteiger partial charge in [0.15, 0.2) is 16.3 Å². The van der Waals surface area contributed by atoms with Crippen molar-refractivity contribution in [3.8, 4) is 11.4 Å². The summed E-state index contributed by atoms with van der Waals surface area (Å²) < 4.78 is 1.98. The van der Waals surface area contributed by atoms with Crippen LogP contribution in [0.4, 0.5) is 0 Å². The van der Waals surface area contributed by atoms with E-state index in [-0.39, 0.29) is 5.56 Å². The molecule has 0 amide bonds. The van der Waals surface area contributed by atoms with Crippen LogP contribution in [0, 0.1) is 5.92 Å². The van der Waals surface area contributed by atoms with Crippen LogP contribution in [0.1, 0.15) is 19.8 Å². The van der Waals surface area contributed by atoms with Crippen molar-refractivity contribution < 1.29 is 0 Å². The van der Waals surface area contributed by atoms with Crippen molar-refractivity contribution >= 4 is 34.5 Å². The van der Waals surface area contributed by atoms with Gasteiger partial charge in [-0.05, 0) is 49.9 Å². The first-order chi connectivity index (χ1) is 11.7. The van der Waals surface area contributed by atoms with Gasteiger partial charge in [0, 0.05) is 22.9 Å². The van der Waals surface area contributed by atoms with E-state index in [2.05, 4.69) is 15.0 Å². The van der Waals surface area contributed by atoms with Crippen LogP contribution in [0.25, 0.3) is 22.6 Å². The van der Waals surface area contributed by atoms with E-state index in [0.29, 0.717) is 27.9 Å². The molecule has 0 saturated heterocycles. The van der Waals surface area contributed by atoms with Gasteiger partial charge >= 0.3 is 0 Å². The lowest BCUT2D eigenvalue weighted by Gasteiger charge is -2.06. The number of aromatic nitrogens is 4. The van der Waals surface area contributed by atoms with Gasteiger partial charge in [-0.1, -0.05) is 23.4 Å². The third-order valence-corrected chi connectivity index (χ3v) is 5.51. The van der Waals surface area contributed by atoms with Gasteiger partial charge in [-0.2, -0.15) is 0 Å². The number of nitrogens with one attached hydrogen (secondary N) is 1. The minimum absolute atomic E-state index is 0.180. The highest BCUT2D eigenvalue weighted by Crippen LogP contribution is 2.34. The number of hydrogen-bond donors (Lipinski definition) is 1. The zero-order valence-electron chi connectivity index (χ0n) is 13.3. The number of aryl methyl sites for hydroxylation is 1. The molecule has 1 N–H and O–H groups in total. The molecule has 0 aliphatic heterocycles. The summed E-state index contributed by atoms with van der Waals surface area (Å²) in [5.41, 5.74) is 1.77. The highest BCUT2D eigenvalue weighted by Gasteiger charge is 2.22. The molecule has 0 unspecified atom stereocenters. The lowest BCUT2D eigenvalue weighted by molar-refractivity contribution is 0.778. The lowest BCUT2D eigenvalue weighted by atomic mass is 10.2. The van der Waals surface area contributed by atoms with Crippen molar-refractivity contribution in [3.05, 3.63) is 39.6 Å². The average molecular weight is 361 g/mol. The highest BCUT2D eigenvalue weighted by molar-refractivity contribution is 7.99. The SMILES string of the molecule is CCn1c(-c2ccc(Cl)cc2)nc2c(=O)[nH]c(SCC3CC3)nc21. The molecule has 0 bridgehead atoms. The van der Waals surface area contributed by atoms with E-state index in [0.717, 1.165) is 23.1 Å². The predicted octanol–water partition coefficient (Wildman–Crippen LogP) is 3.96. The normalized spacial score (nSPS) is 14.4. The largest absolute Gasteiger partial charge is 0.309 e. The standard InChI is InChI=1S/C17H17ClN4OS/c1-2-22-14(11-5-7-12(18)8-6-11)19-13-15(22)20-17(21-16(13)23)24-9-10-3-4-10/h5-8,10H,2-4,9H2,1H3,(H,20,21,23). The van der Waals surface area contributed by atoms with Crippen molar-refractivity contribution in [1.29, 1.82) is 0 Å². The third-order valence-electron chi connectivity index (χ3n) is 4.16. The number of thioether (sulfide) groups is 1. The Kier molecular flexibility index (Phi) is 4.10. The number of halogens is 1. The average Bonchev–Trinajstić information content (AvgIpc) is 3.33. The fraction of sp³-hybridized carbons (Fsp3) is 0.353. The number of rotatable bonds is 5. The van der Waals surface area contributed by atoms with E-state index in [4.69, 9.17) is 11.6 Å². The van der Waals surface area contributed by atoms with Gasteiger partial charge in [-0.25, -0.2) is 9.97 Å². The number of nitrogens with zero attached hydrogens (tertiary/aromatic N) is 3. The molecule has 3 aromatic rings. The Labute approximate surface area is 148 Å². The monoisotopic (exact) mass is 360 g/mol. The number of H-pyrrole nitrogens is 1. The van der Waals surface area contributed by atoms with Crippen LogP contribution < -0.4 is 5.56 Å². The van der Waals surface area contributed by atoms with Crippen LogP contribution in [-0.4, -0.2) is 25.3 Å². The second kappa shape index (κ2) is 6.26. The molecule has 1 aliphatic carbocycles. The number of aromatic amines is 1. The van der Waals surface area contributed by atoms with Gasteiger partial charge in [-0.3, -0.25) is 9.78 Å². The van der Waals surface area contributed by atoms with Crippen LogP contribution in [0.15, 0.2) is 34.2 Å². The van der Waals surface area contributed by atoms with Crippen LogP contribution in [-0.2, 0) is 6.54 Å². The van der Waals surface area contributed by atoms with E-state index in [1.807, 2.05) is 35.8 Å². The summed E-state index contributed by atoms with van der Waals surface area (Å²) in [6, 6.07) is 7.47. The Balaban J connectivity index is 1.81. The van der Waals surface area contributed by atoms with Crippen molar-refractivity contribution in [2.24, 2.45) is 5.92 Å². The maximum absolute atomic E-state index is 12.4.